The highest BCUT2D eigenvalue weighted by atomic mass is 35.5. The fourth-order valence-electron chi connectivity index (χ4n) is 3.88. The number of halogens is 1. The zero-order valence-corrected chi connectivity index (χ0v) is 18.8. The van der Waals surface area contributed by atoms with Crippen LogP contribution in [0, 0.1) is 0 Å². The van der Waals surface area contributed by atoms with Gasteiger partial charge in [-0.25, -0.2) is 0 Å². The van der Waals surface area contributed by atoms with Gasteiger partial charge in [-0.15, -0.1) is 12.4 Å². The lowest BCUT2D eigenvalue weighted by molar-refractivity contribution is -0.146. The zero-order valence-electron chi connectivity index (χ0n) is 18.0. The van der Waals surface area contributed by atoms with Crippen molar-refractivity contribution in [2.24, 2.45) is 0 Å². The standard InChI is InChI=1S/C24H28N2O5.ClH/c1-2-31-24(30)20(14-12-17-8-4-3-5-9-17)25-19-15-13-18-10-6-7-11-21(18)26(23(19)29)16-22(27)28;/h3-11,19-20,25H,2,12-16H2,1H3,(H,27,28);1H. The summed E-state index contributed by atoms with van der Waals surface area (Å²) in [5, 5.41) is 12.5. The maximum Gasteiger partial charge on any atom is 0.323 e. The van der Waals surface area contributed by atoms with E-state index in [4.69, 9.17) is 4.74 Å². The highest BCUT2D eigenvalue weighted by Gasteiger charge is 2.34. The van der Waals surface area contributed by atoms with Gasteiger partial charge >= 0.3 is 11.9 Å². The van der Waals surface area contributed by atoms with Gasteiger partial charge in [-0.05, 0) is 49.8 Å². The van der Waals surface area contributed by atoms with E-state index in [2.05, 4.69) is 5.32 Å². The molecule has 0 spiro atoms. The molecule has 2 atom stereocenters. The van der Waals surface area contributed by atoms with Crippen molar-refractivity contribution in [2.75, 3.05) is 18.1 Å². The van der Waals surface area contributed by atoms with Gasteiger partial charge in [-0.3, -0.25) is 24.6 Å². The summed E-state index contributed by atoms with van der Waals surface area (Å²) in [5.74, 6) is -1.84. The highest BCUT2D eigenvalue weighted by molar-refractivity contribution is 6.02. The van der Waals surface area contributed by atoms with Crippen molar-refractivity contribution in [1.29, 1.82) is 0 Å². The van der Waals surface area contributed by atoms with Crippen LogP contribution in [0.3, 0.4) is 0 Å². The molecule has 0 saturated carbocycles. The number of anilines is 1. The monoisotopic (exact) mass is 460 g/mol. The number of amides is 1. The van der Waals surface area contributed by atoms with Crippen molar-refractivity contribution >= 4 is 35.9 Å². The number of fused-ring (bicyclic) bond motifs is 1. The molecule has 0 bridgehead atoms. The largest absolute Gasteiger partial charge is 0.480 e. The number of aryl methyl sites for hydroxylation is 2. The Kier molecular flexibility index (Phi) is 9.68. The Hall–Kier alpha value is -2.90. The average Bonchev–Trinajstić information content (AvgIpc) is 2.89. The van der Waals surface area contributed by atoms with Crippen LogP contribution < -0.4 is 10.2 Å². The van der Waals surface area contributed by atoms with Crippen molar-refractivity contribution in [3.8, 4) is 0 Å². The van der Waals surface area contributed by atoms with E-state index in [1.54, 1.807) is 19.1 Å². The highest BCUT2D eigenvalue weighted by Crippen LogP contribution is 2.27. The minimum Gasteiger partial charge on any atom is -0.480 e. The van der Waals surface area contributed by atoms with Gasteiger partial charge in [0.25, 0.3) is 0 Å². The van der Waals surface area contributed by atoms with Crippen LogP contribution in [-0.2, 0) is 32.0 Å². The lowest BCUT2D eigenvalue weighted by atomic mass is 10.0. The van der Waals surface area contributed by atoms with Gasteiger partial charge in [0.1, 0.15) is 12.6 Å². The van der Waals surface area contributed by atoms with Gasteiger partial charge in [0.15, 0.2) is 0 Å². The average molecular weight is 461 g/mol. The number of aliphatic carboxylic acids is 1. The quantitative estimate of drug-likeness (QED) is 0.558. The third-order valence-electron chi connectivity index (χ3n) is 5.38. The van der Waals surface area contributed by atoms with Crippen molar-refractivity contribution < 1.29 is 24.2 Å². The maximum absolute atomic E-state index is 13.3. The molecule has 2 aromatic rings. The lowest BCUT2D eigenvalue weighted by Gasteiger charge is -2.27. The van der Waals surface area contributed by atoms with E-state index in [1.807, 2.05) is 42.5 Å². The van der Waals surface area contributed by atoms with Crippen molar-refractivity contribution in [2.45, 2.75) is 44.7 Å². The maximum atomic E-state index is 13.3. The Balaban J connectivity index is 0.00000363. The van der Waals surface area contributed by atoms with E-state index in [9.17, 15) is 19.5 Å². The number of ether oxygens (including phenoxy) is 1. The molecule has 1 heterocycles. The third-order valence-corrected chi connectivity index (χ3v) is 5.38. The van der Waals surface area contributed by atoms with Crippen LogP contribution in [0.25, 0.3) is 0 Å². The van der Waals surface area contributed by atoms with Crippen molar-refractivity contribution in [3.05, 3.63) is 65.7 Å². The summed E-state index contributed by atoms with van der Waals surface area (Å²) in [6.45, 7) is 1.56. The molecule has 7 nitrogen and oxygen atoms in total. The first-order chi connectivity index (χ1) is 15.0. The number of rotatable bonds is 9. The summed E-state index contributed by atoms with van der Waals surface area (Å²) in [6, 6.07) is 15.8. The molecule has 0 aliphatic carbocycles. The predicted molar refractivity (Wildman–Crippen MR) is 124 cm³/mol. The number of para-hydroxylation sites is 1. The first kappa shape index (κ1) is 25.4. The summed E-state index contributed by atoms with van der Waals surface area (Å²) >= 11 is 0. The number of carbonyl (C=O) groups is 3. The van der Waals surface area contributed by atoms with Crippen LogP contribution in [0.15, 0.2) is 54.6 Å². The molecule has 1 aliphatic rings. The van der Waals surface area contributed by atoms with Crippen LogP contribution >= 0.6 is 12.4 Å². The molecular formula is C24H29ClN2O5. The van der Waals surface area contributed by atoms with Crippen LogP contribution in [0.2, 0.25) is 0 Å². The molecule has 2 aromatic carbocycles. The molecule has 0 radical (unpaired) electrons. The molecule has 1 amide bonds. The smallest absolute Gasteiger partial charge is 0.323 e. The first-order valence-electron chi connectivity index (χ1n) is 10.6. The van der Waals surface area contributed by atoms with Crippen LogP contribution in [0.1, 0.15) is 30.9 Å². The molecule has 1 aliphatic heterocycles. The van der Waals surface area contributed by atoms with Crippen molar-refractivity contribution in [1.82, 2.24) is 5.32 Å². The topological polar surface area (TPSA) is 95.9 Å². The van der Waals surface area contributed by atoms with Gasteiger partial charge in [-0.1, -0.05) is 48.5 Å². The molecule has 0 fully saturated rings. The molecular weight excluding hydrogens is 432 g/mol. The Morgan fingerprint density at radius 2 is 1.84 bits per heavy atom. The molecule has 2 N–H and O–H groups in total. The van der Waals surface area contributed by atoms with E-state index < -0.39 is 30.6 Å². The minimum absolute atomic E-state index is 0. The summed E-state index contributed by atoms with van der Waals surface area (Å²) in [5.41, 5.74) is 2.61. The van der Waals surface area contributed by atoms with Gasteiger partial charge in [0, 0.05) is 5.69 Å². The second-order valence-corrected chi connectivity index (χ2v) is 7.53. The fraction of sp³-hybridized carbons (Fsp3) is 0.375. The fourth-order valence-corrected chi connectivity index (χ4v) is 3.88. The molecule has 0 aromatic heterocycles. The van der Waals surface area contributed by atoms with Gasteiger partial charge in [0.2, 0.25) is 5.91 Å². The number of hydrogen-bond acceptors (Lipinski definition) is 5. The summed E-state index contributed by atoms with van der Waals surface area (Å²) in [7, 11) is 0. The minimum atomic E-state index is -1.09. The van der Waals surface area contributed by atoms with E-state index in [0.717, 1.165) is 11.1 Å². The Bertz CT molecular complexity index is 922. The summed E-state index contributed by atoms with van der Waals surface area (Å²) in [4.78, 5) is 38.6. The molecule has 8 heteroatoms. The summed E-state index contributed by atoms with van der Waals surface area (Å²) < 4.78 is 5.23. The Morgan fingerprint density at radius 1 is 1.16 bits per heavy atom. The second kappa shape index (κ2) is 12.2. The number of hydrogen-bond donors (Lipinski definition) is 2. The molecule has 172 valence electrons. The number of nitrogens with one attached hydrogen (secondary N) is 1. The van der Waals surface area contributed by atoms with Gasteiger partial charge in [-0.2, -0.15) is 0 Å². The normalized spacial score (nSPS) is 16.3. The van der Waals surface area contributed by atoms with Gasteiger partial charge in [0.05, 0.1) is 12.6 Å². The predicted octanol–water partition coefficient (Wildman–Crippen LogP) is 2.99. The molecule has 32 heavy (non-hydrogen) atoms. The van der Waals surface area contributed by atoms with Crippen LogP contribution in [-0.4, -0.2) is 48.2 Å². The summed E-state index contributed by atoms with van der Waals surface area (Å²) in [6.07, 6.45) is 2.19. The third kappa shape index (κ3) is 6.55. The van der Waals surface area contributed by atoms with Crippen LogP contribution in [0.5, 0.6) is 0 Å². The number of carboxylic acid groups (broad SMARTS) is 1. The molecule has 3 rings (SSSR count). The first-order valence-corrected chi connectivity index (χ1v) is 10.6. The zero-order chi connectivity index (χ0) is 22.2. The lowest BCUT2D eigenvalue weighted by Crippen LogP contribution is -2.53. The number of carboxylic acids is 1. The van der Waals surface area contributed by atoms with Gasteiger partial charge < -0.3 is 9.84 Å². The molecule has 0 saturated heterocycles. The Morgan fingerprint density at radius 3 is 2.53 bits per heavy atom. The van der Waals surface area contributed by atoms with E-state index in [0.29, 0.717) is 31.4 Å². The number of esters is 1. The second-order valence-electron chi connectivity index (χ2n) is 7.53. The van der Waals surface area contributed by atoms with Crippen LogP contribution in [0.4, 0.5) is 5.69 Å². The molecule has 2 unspecified atom stereocenters. The van der Waals surface area contributed by atoms with E-state index in [1.165, 1.54) is 4.90 Å². The van der Waals surface area contributed by atoms with E-state index >= 15 is 0 Å². The number of benzene rings is 2. The van der Waals surface area contributed by atoms with Crippen molar-refractivity contribution in [3.63, 3.8) is 0 Å². The SMILES string of the molecule is CCOC(=O)C(CCc1ccccc1)NC1CCc2ccccc2N(CC(=O)O)C1=O.Cl. The van der Waals surface area contributed by atoms with E-state index in [-0.39, 0.29) is 24.9 Å². The Labute approximate surface area is 194 Å². The number of nitrogens with zero attached hydrogens (tertiary/aromatic N) is 1. The number of carbonyl (C=O) groups excluding carboxylic acids is 2.